The van der Waals surface area contributed by atoms with Crippen LogP contribution in [0.5, 0.6) is 5.75 Å². The number of halogens is 1. The van der Waals surface area contributed by atoms with Crippen LogP contribution < -0.4 is 15.8 Å². The van der Waals surface area contributed by atoms with Gasteiger partial charge in [0.05, 0.1) is 23.4 Å². The molecule has 1 aromatic heterocycles. The lowest BCUT2D eigenvalue weighted by molar-refractivity contribution is 0.0945. The molecule has 2 aromatic rings. The number of nitrogens with two attached hydrogens (primary N) is 1. The second-order valence-electron chi connectivity index (χ2n) is 5.17. The molecule has 1 unspecified atom stereocenters. The molecular formula is C16H19ClN2O2S. The number of thiophene rings is 1. The van der Waals surface area contributed by atoms with Crippen molar-refractivity contribution in [1.29, 1.82) is 0 Å². The Kier molecular flexibility index (Phi) is 5.69. The number of hydrogen-bond acceptors (Lipinski definition) is 4. The third-order valence-electron chi connectivity index (χ3n) is 3.30. The van der Waals surface area contributed by atoms with Crippen LogP contribution in [-0.4, -0.2) is 19.6 Å². The van der Waals surface area contributed by atoms with E-state index in [2.05, 4.69) is 23.7 Å². The van der Waals surface area contributed by atoms with E-state index in [4.69, 9.17) is 22.1 Å². The molecular weight excluding hydrogens is 320 g/mol. The van der Waals surface area contributed by atoms with E-state index in [-0.39, 0.29) is 5.91 Å². The summed E-state index contributed by atoms with van der Waals surface area (Å²) >= 11 is 7.71. The number of rotatable bonds is 6. The number of ether oxygens (including phenoxy) is 1. The number of benzene rings is 1. The first-order valence-corrected chi connectivity index (χ1v) is 8.20. The summed E-state index contributed by atoms with van der Waals surface area (Å²) in [4.78, 5) is 13.6. The molecule has 118 valence electrons. The minimum absolute atomic E-state index is 0.211. The van der Waals surface area contributed by atoms with E-state index >= 15 is 0 Å². The Labute approximate surface area is 139 Å². The van der Waals surface area contributed by atoms with E-state index < -0.39 is 0 Å². The molecule has 0 aliphatic heterocycles. The Morgan fingerprint density at radius 2 is 2.27 bits per heavy atom. The third-order valence-corrected chi connectivity index (χ3v) is 4.53. The van der Waals surface area contributed by atoms with Gasteiger partial charge in [0.2, 0.25) is 0 Å². The molecule has 4 nitrogen and oxygen atoms in total. The minimum Gasteiger partial charge on any atom is -0.496 e. The highest BCUT2D eigenvalue weighted by Crippen LogP contribution is 2.28. The summed E-state index contributed by atoms with van der Waals surface area (Å²) in [5.41, 5.74) is 6.50. The van der Waals surface area contributed by atoms with Gasteiger partial charge in [-0.3, -0.25) is 4.79 Å². The monoisotopic (exact) mass is 338 g/mol. The minimum atomic E-state index is -0.211. The molecule has 1 heterocycles. The van der Waals surface area contributed by atoms with Crippen molar-refractivity contribution in [3.8, 4) is 5.75 Å². The normalized spacial score (nSPS) is 12.0. The average molecular weight is 339 g/mol. The molecule has 0 aliphatic rings. The number of carbonyl (C=O) groups excluding carboxylic acids is 1. The lowest BCUT2D eigenvalue weighted by Crippen LogP contribution is -2.29. The molecule has 0 bridgehead atoms. The highest BCUT2D eigenvalue weighted by molar-refractivity contribution is 7.09. The first-order chi connectivity index (χ1) is 10.5. The van der Waals surface area contributed by atoms with Crippen LogP contribution in [0.1, 0.15) is 22.2 Å². The maximum Gasteiger partial charge on any atom is 0.255 e. The predicted molar refractivity (Wildman–Crippen MR) is 91.9 cm³/mol. The van der Waals surface area contributed by atoms with E-state index in [9.17, 15) is 4.79 Å². The van der Waals surface area contributed by atoms with Crippen molar-refractivity contribution in [3.05, 3.63) is 45.1 Å². The molecule has 0 fully saturated rings. The molecule has 22 heavy (non-hydrogen) atoms. The first kappa shape index (κ1) is 16.6. The lowest BCUT2D eigenvalue weighted by atomic mass is 10.1. The van der Waals surface area contributed by atoms with Crippen molar-refractivity contribution < 1.29 is 9.53 Å². The van der Waals surface area contributed by atoms with E-state index in [0.29, 0.717) is 34.5 Å². The van der Waals surface area contributed by atoms with Gasteiger partial charge < -0.3 is 15.8 Å². The third kappa shape index (κ3) is 4.15. The fraction of sp³-hybridized carbons (Fsp3) is 0.312. The largest absolute Gasteiger partial charge is 0.496 e. The second kappa shape index (κ2) is 7.51. The Morgan fingerprint density at radius 3 is 2.91 bits per heavy atom. The Bertz CT molecular complexity index is 644. The van der Waals surface area contributed by atoms with E-state index in [0.717, 1.165) is 6.42 Å². The topological polar surface area (TPSA) is 64.3 Å². The molecule has 6 heteroatoms. The molecule has 1 amide bonds. The van der Waals surface area contributed by atoms with Crippen molar-refractivity contribution in [2.75, 3.05) is 19.4 Å². The van der Waals surface area contributed by atoms with Crippen LogP contribution in [-0.2, 0) is 6.42 Å². The van der Waals surface area contributed by atoms with Gasteiger partial charge in [-0.15, -0.1) is 11.3 Å². The van der Waals surface area contributed by atoms with Crippen LogP contribution in [0.25, 0.3) is 0 Å². The van der Waals surface area contributed by atoms with Crippen molar-refractivity contribution >= 4 is 34.5 Å². The van der Waals surface area contributed by atoms with Crippen LogP contribution in [0.2, 0.25) is 5.02 Å². The lowest BCUT2D eigenvalue weighted by Gasteiger charge is -2.14. The summed E-state index contributed by atoms with van der Waals surface area (Å²) in [5, 5.41) is 5.32. The zero-order valence-electron chi connectivity index (χ0n) is 12.6. The molecule has 2 rings (SSSR count). The summed E-state index contributed by atoms with van der Waals surface area (Å²) in [5.74, 6) is 0.555. The van der Waals surface area contributed by atoms with Crippen molar-refractivity contribution in [1.82, 2.24) is 5.32 Å². The average Bonchev–Trinajstić information content (AvgIpc) is 3.00. The Hall–Kier alpha value is -1.72. The number of amides is 1. The number of nitrogens with one attached hydrogen (secondary N) is 1. The van der Waals surface area contributed by atoms with Crippen LogP contribution in [0.15, 0.2) is 29.6 Å². The van der Waals surface area contributed by atoms with Crippen LogP contribution in [0.4, 0.5) is 5.69 Å². The van der Waals surface area contributed by atoms with Gasteiger partial charge in [0.15, 0.2) is 0 Å². The maximum absolute atomic E-state index is 12.3. The van der Waals surface area contributed by atoms with Crippen LogP contribution >= 0.6 is 22.9 Å². The summed E-state index contributed by atoms with van der Waals surface area (Å²) in [6.07, 6.45) is 0.942. The number of hydrogen-bond donors (Lipinski definition) is 2. The van der Waals surface area contributed by atoms with Gasteiger partial charge in [-0.1, -0.05) is 24.6 Å². The molecule has 0 radical (unpaired) electrons. The zero-order valence-corrected chi connectivity index (χ0v) is 14.1. The quantitative estimate of drug-likeness (QED) is 0.791. The number of anilines is 1. The van der Waals surface area contributed by atoms with Gasteiger partial charge in [-0.25, -0.2) is 0 Å². The molecule has 3 N–H and O–H groups in total. The number of carbonyl (C=O) groups is 1. The second-order valence-corrected chi connectivity index (χ2v) is 6.61. The van der Waals surface area contributed by atoms with E-state index in [1.54, 1.807) is 17.4 Å². The summed E-state index contributed by atoms with van der Waals surface area (Å²) in [6, 6.07) is 7.24. The van der Waals surface area contributed by atoms with Crippen LogP contribution in [0, 0.1) is 5.92 Å². The SMILES string of the molecule is COc1cc(N)c(Cl)cc1C(=O)NCC(C)Cc1cccs1. The standard InChI is InChI=1S/C16H19ClN2O2S/c1-10(6-11-4-3-5-22-11)9-19-16(20)12-7-13(17)14(18)8-15(12)21-2/h3-5,7-8,10H,6,9,18H2,1-2H3,(H,19,20). The van der Waals surface area contributed by atoms with E-state index in [1.165, 1.54) is 18.1 Å². The van der Waals surface area contributed by atoms with Crippen LogP contribution in [0.3, 0.4) is 0 Å². The Morgan fingerprint density at radius 1 is 1.50 bits per heavy atom. The van der Waals surface area contributed by atoms with Gasteiger partial charge in [0, 0.05) is 17.5 Å². The molecule has 0 saturated carbocycles. The summed E-state index contributed by atoms with van der Waals surface area (Å²) in [7, 11) is 1.50. The Balaban J connectivity index is 1.98. The molecule has 0 spiro atoms. The van der Waals surface area contributed by atoms with Crippen molar-refractivity contribution in [2.24, 2.45) is 5.92 Å². The van der Waals surface area contributed by atoms with Gasteiger partial charge >= 0.3 is 0 Å². The zero-order chi connectivity index (χ0) is 16.1. The number of methoxy groups -OCH3 is 1. The number of nitrogen functional groups attached to an aromatic ring is 1. The molecule has 1 aromatic carbocycles. The molecule has 0 aliphatic carbocycles. The van der Waals surface area contributed by atoms with Gasteiger partial charge in [0.25, 0.3) is 5.91 Å². The van der Waals surface area contributed by atoms with E-state index in [1.807, 2.05) is 6.07 Å². The fourth-order valence-corrected chi connectivity index (χ4v) is 3.16. The highest BCUT2D eigenvalue weighted by Gasteiger charge is 2.16. The van der Waals surface area contributed by atoms with Gasteiger partial charge in [-0.2, -0.15) is 0 Å². The molecule has 0 saturated heterocycles. The van der Waals surface area contributed by atoms with Crippen molar-refractivity contribution in [3.63, 3.8) is 0 Å². The summed E-state index contributed by atoms with van der Waals surface area (Å²) in [6.45, 7) is 2.69. The smallest absolute Gasteiger partial charge is 0.255 e. The van der Waals surface area contributed by atoms with Gasteiger partial charge in [0.1, 0.15) is 5.75 Å². The summed E-state index contributed by atoms with van der Waals surface area (Å²) < 4.78 is 5.20. The van der Waals surface area contributed by atoms with Crippen molar-refractivity contribution in [2.45, 2.75) is 13.3 Å². The van der Waals surface area contributed by atoms with Gasteiger partial charge in [-0.05, 0) is 29.9 Å². The fourth-order valence-electron chi connectivity index (χ4n) is 2.12. The highest BCUT2D eigenvalue weighted by atomic mass is 35.5. The molecule has 1 atom stereocenters. The first-order valence-electron chi connectivity index (χ1n) is 6.94. The maximum atomic E-state index is 12.3. The predicted octanol–water partition coefficient (Wildman–Crippen LogP) is 3.60.